The van der Waals surface area contributed by atoms with Gasteiger partial charge < -0.3 is 13.6 Å². The molecule has 0 radical (unpaired) electrons. The van der Waals surface area contributed by atoms with E-state index in [1.54, 1.807) is 0 Å². The molecule has 3 nitrogen and oxygen atoms in total. The molecule has 8 aromatic carbocycles. The first-order valence-electron chi connectivity index (χ1n) is 18.8. The van der Waals surface area contributed by atoms with Crippen molar-refractivity contribution in [3.63, 3.8) is 0 Å². The average Bonchev–Trinajstić information content (AvgIpc) is 3.91. The van der Waals surface area contributed by atoms with Crippen LogP contribution in [0.2, 0.25) is 0 Å². The topological polar surface area (TPSA) is 23.0 Å². The summed E-state index contributed by atoms with van der Waals surface area (Å²) in [5.74, 6) is 0. The smallest absolute Gasteiger partial charge is 0.136 e. The number of hydrogen-bond acceptors (Lipinski definition) is 1. The molecule has 0 N–H and O–H groups in total. The summed E-state index contributed by atoms with van der Waals surface area (Å²) >= 11 is 0. The highest BCUT2D eigenvalue weighted by Gasteiger charge is 2.36. The summed E-state index contributed by atoms with van der Waals surface area (Å²) in [6.45, 7) is 4.73. The first kappa shape index (κ1) is 29.7. The minimum absolute atomic E-state index is 0.0660. The lowest BCUT2D eigenvalue weighted by Crippen LogP contribution is -2.14. The Labute approximate surface area is 311 Å². The summed E-state index contributed by atoms with van der Waals surface area (Å²) in [4.78, 5) is 0. The van der Waals surface area contributed by atoms with Gasteiger partial charge in [0.15, 0.2) is 0 Å². The molecule has 0 atom stereocenters. The number of hydrogen-bond donors (Lipinski definition) is 0. The fourth-order valence-electron chi connectivity index (χ4n) is 9.52. The van der Waals surface area contributed by atoms with Gasteiger partial charge in [-0.3, -0.25) is 0 Å². The molecule has 0 unspecified atom stereocenters. The first-order valence-corrected chi connectivity index (χ1v) is 18.8. The fraction of sp³-hybridized carbons (Fsp3) is 0.0588. The normalized spacial score (nSPS) is 13.5. The minimum Gasteiger partial charge on any atom is -0.456 e. The van der Waals surface area contributed by atoms with Crippen LogP contribution in [0.5, 0.6) is 0 Å². The molecule has 0 amide bonds. The summed E-state index contributed by atoms with van der Waals surface area (Å²) in [7, 11) is 0. The van der Waals surface area contributed by atoms with Crippen molar-refractivity contribution in [3.05, 3.63) is 181 Å². The van der Waals surface area contributed by atoms with Crippen molar-refractivity contribution in [1.82, 2.24) is 9.13 Å². The second-order valence-corrected chi connectivity index (χ2v) is 15.4. The first-order chi connectivity index (χ1) is 26.5. The Balaban J connectivity index is 1.11. The van der Waals surface area contributed by atoms with Crippen molar-refractivity contribution in [2.45, 2.75) is 19.3 Å². The largest absolute Gasteiger partial charge is 0.456 e. The highest BCUT2D eigenvalue weighted by atomic mass is 16.3. The second-order valence-electron chi connectivity index (χ2n) is 15.4. The minimum atomic E-state index is -0.0660. The van der Waals surface area contributed by atoms with E-state index in [2.05, 4.69) is 187 Å². The van der Waals surface area contributed by atoms with E-state index >= 15 is 0 Å². The SMILES string of the molecule is CC1(C)c2ccccc2-c2cc3c(cc21)c1ccc(-c2ccc4c(c2)c2cc5oc6ccccc6c5cc2n4-c2ccccc2)cc1n3-c1ccccc1. The third kappa shape index (κ3) is 3.96. The van der Waals surface area contributed by atoms with Crippen LogP contribution in [0, 0.1) is 0 Å². The molecule has 3 aromatic heterocycles. The van der Waals surface area contributed by atoms with Gasteiger partial charge in [-0.25, -0.2) is 0 Å². The van der Waals surface area contributed by atoms with Crippen LogP contribution in [0.1, 0.15) is 25.0 Å². The lowest BCUT2D eigenvalue weighted by Gasteiger charge is -2.21. The van der Waals surface area contributed by atoms with E-state index in [9.17, 15) is 0 Å². The Morgan fingerprint density at radius 1 is 0.370 bits per heavy atom. The third-order valence-corrected chi connectivity index (χ3v) is 12.1. The van der Waals surface area contributed by atoms with E-state index in [-0.39, 0.29) is 5.41 Å². The van der Waals surface area contributed by atoms with Crippen LogP contribution in [-0.4, -0.2) is 9.13 Å². The molecule has 254 valence electrons. The predicted molar refractivity (Wildman–Crippen MR) is 225 cm³/mol. The number of fused-ring (bicyclic) bond motifs is 12. The van der Waals surface area contributed by atoms with Crippen LogP contribution in [0.25, 0.3) is 99.2 Å². The van der Waals surface area contributed by atoms with Gasteiger partial charge >= 0.3 is 0 Å². The van der Waals surface area contributed by atoms with Gasteiger partial charge in [0.1, 0.15) is 11.2 Å². The third-order valence-electron chi connectivity index (χ3n) is 12.1. The van der Waals surface area contributed by atoms with E-state index in [4.69, 9.17) is 4.42 Å². The van der Waals surface area contributed by atoms with E-state index in [1.165, 1.54) is 77.0 Å². The molecule has 0 spiro atoms. The van der Waals surface area contributed by atoms with Gasteiger partial charge in [-0.2, -0.15) is 0 Å². The zero-order valence-electron chi connectivity index (χ0n) is 30.0. The van der Waals surface area contributed by atoms with Crippen molar-refractivity contribution >= 4 is 65.6 Å². The number of aromatic nitrogens is 2. The summed E-state index contributed by atoms with van der Waals surface area (Å²) in [5.41, 5.74) is 16.7. The molecule has 1 aliphatic rings. The van der Waals surface area contributed by atoms with Crippen LogP contribution in [0.3, 0.4) is 0 Å². The number of benzene rings is 8. The van der Waals surface area contributed by atoms with Crippen molar-refractivity contribution in [2.24, 2.45) is 0 Å². The molecule has 0 bridgehead atoms. The zero-order valence-corrected chi connectivity index (χ0v) is 30.0. The van der Waals surface area contributed by atoms with Crippen molar-refractivity contribution in [1.29, 1.82) is 0 Å². The molecular weight excluding hydrogens is 657 g/mol. The van der Waals surface area contributed by atoms with Crippen molar-refractivity contribution in [2.75, 3.05) is 0 Å². The molecule has 0 saturated carbocycles. The van der Waals surface area contributed by atoms with Crippen LogP contribution in [0.4, 0.5) is 0 Å². The number of rotatable bonds is 3. The van der Waals surface area contributed by atoms with Gasteiger partial charge in [-0.05, 0) is 106 Å². The Morgan fingerprint density at radius 2 is 0.981 bits per heavy atom. The maximum atomic E-state index is 6.42. The lowest BCUT2D eigenvalue weighted by molar-refractivity contribution is 0.661. The Morgan fingerprint density at radius 3 is 1.80 bits per heavy atom. The van der Waals surface area contributed by atoms with Gasteiger partial charge in [-0.1, -0.05) is 111 Å². The molecular formula is C51H34N2O. The van der Waals surface area contributed by atoms with Crippen LogP contribution in [-0.2, 0) is 5.41 Å². The molecule has 54 heavy (non-hydrogen) atoms. The quantitative estimate of drug-likeness (QED) is 0.181. The van der Waals surface area contributed by atoms with Crippen LogP contribution in [0.15, 0.2) is 174 Å². The van der Waals surface area contributed by atoms with Gasteiger partial charge in [-0.15, -0.1) is 0 Å². The van der Waals surface area contributed by atoms with Crippen LogP contribution >= 0.6 is 0 Å². The van der Waals surface area contributed by atoms with E-state index < -0.39 is 0 Å². The highest BCUT2D eigenvalue weighted by molar-refractivity contribution is 6.18. The highest BCUT2D eigenvalue weighted by Crippen LogP contribution is 2.51. The summed E-state index contributed by atoms with van der Waals surface area (Å²) in [6.07, 6.45) is 0. The molecule has 0 aliphatic heterocycles. The maximum absolute atomic E-state index is 6.42. The van der Waals surface area contributed by atoms with E-state index in [1.807, 2.05) is 6.07 Å². The summed E-state index contributed by atoms with van der Waals surface area (Å²) in [6, 6.07) is 62.2. The number of para-hydroxylation sites is 3. The maximum Gasteiger partial charge on any atom is 0.136 e. The number of nitrogens with zero attached hydrogens (tertiary/aromatic N) is 2. The van der Waals surface area contributed by atoms with Crippen molar-refractivity contribution in [3.8, 4) is 33.6 Å². The lowest BCUT2D eigenvalue weighted by atomic mass is 9.82. The molecule has 12 rings (SSSR count). The van der Waals surface area contributed by atoms with Crippen LogP contribution < -0.4 is 0 Å². The molecule has 0 saturated heterocycles. The Bertz CT molecular complexity index is 3340. The van der Waals surface area contributed by atoms with Gasteiger partial charge in [0, 0.05) is 49.1 Å². The zero-order chi connectivity index (χ0) is 35.7. The molecule has 1 aliphatic carbocycles. The average molecular weight is 691 g/mol. The Kier molecular flexibility index (Phi) is 5.84. The fourth-order valence-corrected chi connectivity index (χ4v) is 9.52. The predicted octanol–water partition coefficient (Wildman–Crippen LogP) is 13.8. The van der Waals surface area contributed by atoms with Gasteiger partial charge in [0.25, 0.3) is 0 Å². The van der Waals surface area contributed by atoms with E-state index in [0.717, 1.165) is 33.3 Å². The van der Waals surface area contributed by atoms with Crippen molar-refractivity contribution < 1.29 is 4.42 Å². The monoisotopic (exact) mass is 690 g/mol. The van der Waals surface area contributed by atoms with Gasteiger partial charge in [0.2, 0.25) is 0 Å². The second kappa shape index (κ2) is 10.6. The Hall–Kier alpha value is -6.84. The standard InChI is InChI=1S/C51H34N2O/c1-51(2)43-19-11-9-17-35(43)38-28-47-40(27-44(38)51)36-23-21-32(26-46(36)53(47)34-15-7-4-8-16-34)31-22-24-45-39(25-31)41-30-50-42(37-18-10-12-20-49(37)54-50)29-48(41)52(45)33-13-5-3-6-14-33/h3-30H,1-2H3. The summed E-state index contributed by atoms with van der Waals surface area (Å²) in [5, 5.41) is 7.21. The molecule has 3 heteroatoms. The summed E-state index contributed by atoms with van der Waals surface area (Å²) < 4.78 is 11.3. The number of furan rings is 1. The molecule has 11 aromatic rings. The van der Waals surface area contributed by atoms with Gasteiger partial charge in [0.05, 0.1) is 22.1 Å². The molecule has 0 fully saturated rings. The van der Waals surface area contributed by atoms with E-state index in [0.29, 0.717) is 0 Å². The molecule has 3 heterocycles.